The van der Waals surface area contributed by atoms with Gasteiger partial charge in [0.05, 0.1) is 11.0 Å². The Morgan fingerprint density at radius 1 is 1.19 bits per heavy atom. The van der Waals surface area contributed by atoms with E-state index in [0.29, 0.717) is 6.54 Å². The summed E-state index contributed by atoms with van der Waals surface area (Å²) in [5.41, 5.74) is 10.1. The Hall–Kier alpha value is -1.84. The van der Waals surface area contributed by atoms with Gasteiger partial charge in [0.25, 0.3) is 0 Å². The number of aryl methyl sites for hydroxylation is 1. The lowest BCUT2D eigenvalue weighted by Crippen LogP contribution is -2.04. The van der Waals surface area contributed by atoms with Crippen LogP contribution in [-0.2, 0) is 19.5 Å². The molecule has 0 radical (unpaired) electrons. The number of nitrogens with zero attached hydrogens (tertiary/aromatic N) is 2. The third kappa shape index (κ3) is 2.67. The number of hydrogen-bond acceptors (Lipinski definition) is 2. The van der Waals surface area contributed by atoms with Gasteiger partial charge >= 0.3 is 0 Å². The van der Waals surface area contributed by atoms with Crippen molar-refractivity contribution in [2.75, 3.05) is 0 Å². The summed E-state index contributed by atoms with van der Waals surface area (Å²) in [6, 6.07) is 14.3. The van der Waals surface area contributed by atoms with Crippen LogP contribution in [0.5, 0.6) is 0 Å². The first-order valence-corrected chi connectivity index (χ1v) is 7.52. The highest BCUT2D eigenvalue weighted by Crippen LogP contribution is 2.21. The zero-order chi connectivity index (χ0) is 14.8. The maximum Gasteiger partial charge on any atom is 0.114 e. The number of aromatic nitrogens is 2. The highest BCUT2D eigenvalue weighted by molar-refractivity contribution is 6.31. The Kier molecular flexibility index (Phi) is 3.95. The molecule has 0 saturated carbocycles. The van der Waals surface area contributed by atoms with E-state index in [2.05, 4.69) is 35.8 Å². The summed E-state index contributed by atoms with van der Waals surface area (Å²) in [6.45, 7) is 3.51. The van der Waals surface area contributed by atoms with Crippen LogP contribution >= 0.6 is 11.6 Å². The number of para-hydroxylation sites is 2. The van der Waals surface area contributed by atoms with Crippen LogP contribution in [0.3, 0.4) is 0 Å². The summed E-state index contributed by atoms with van der Waals surface area (Å²) >= 11 is 6.12. The average Bonchev–Trinajstić information content (AvgIpc) is 2.86. The van der Waals surface area contributed by atoms with Crippen LogP contribution in [0.4, 0.5) is 0 Å². The molecule has 2 N–H and O–H groups in total. The van der Waals surface area contributed by atoms with Gasteiger partial charge in [-0.15, -0.1) is 0 Å². The minimum Gasteiger partial charge on any atom is -0.328 e. The monoisotopic (exact) mass is 299 g/mol. The van der Waals surface area contributed by atoms with E-state index in [4.69, 9.17) is 22.3 Å². The van der Waals surface area contributed by atoms with Crippen LogP contribution in [0.25, 0.3) is 11.0 Å². The van der Waals surface area contributed by atoms with Crippen molar-refractivity contribution < 1.29 is 0 Å². The molecule has 1 heterocycles. The summed E-state index contributed by atoms with van der Waals surface area (Å²) in [4.78, 5) is 4.76. The fraction of sp³-hybridized carbons (Fsp3) is 0.235. The second kappa shape index (κ2) is 5.88. The molecule has 4 heteroatoms. The molecule has 0 bridgehead atoms. The molecule has 0 spiro atoms. The van der Waals surface area contributed by atoms with Crippen LogP contribution in [-0.4, -0.2) is 9.55 Å². The largest absolute Gasteiger partial charge is 0.328 e. The highest BCUT2D eigenvalue weighted by Gasteiger charge is 2.10. The van der Waals surface area contributed by atoms with Gasteiger partial charge in [-0.25, -0.2) is 4.98 Å². The van der Waals surface area contributed by atoms with Crippen molar-refractivity contribution in [3.63, 3.8) is 0 Å². The third-order valence-corrected chi connectivity index (χ3v) is 4.11. The summed E-state index contributed by atoms with van der Waals surface area (Å²) < 4.78 is 2.26. The van der Waals surface area contributed by atoms with Gasteiger partial charge in [-0.3, -0.25) is 0 Å². The minimum atomic E-state index is 0.455. The van der Waals surface area contributed by atoms with Gasteiger partial charge in [-0.1, -0.05) is 35.9 Å². The van der Waals surface area contributed by atoms with Crippen LogP contribution in [0.2, 0.25) is 5.02 Å². The molecule has 0 aliphatic heterocycles. The van der Waals surface area contributed by atoms with Gasteiger partial charge in [-0.05, 0) is 36.2 Å². The maximum atomic E-state index is 6.12. The van der Waals surface area contributed by atoms with Crippen LogP contribution in [0.15, 0.2) is 42.5 Å². The molecule has 0 saturated heterocycles. The van der Waals surface area contributed by atoms with E-state index >= 15 is 0 Å². The van der Waals surface area contributed by atoms with E-state index in [0.717, 1.165) is 34.9 Å². The van der Waals surface area contributed by atoms with Crippen molar-refractivity contribution >= 4 is 22.6 Å². The van der Waals surface area contributed by atoms with Gasteiger partial charge in [0, 0.05) is 24.5 Å². The Bertz CT molecular complexity index is 777. The summed E-state index contributed by atoms with van der Waals surface area (Å²) in [6.07, 6.45) is 0.784. The first kappa shape index (κ1) is 14.1. The smallest absolute Gasteiger partial charge is 0.114 e. The van der Waals surface area contributed by atoms with Crippen molar-refractivity contribution in [2.24, 2.45) is 5.73 Å². The van der Waals surface area contributed by atoms with Crippen molar-refractivity contribution in [1.82, 2.24) is 9.55 Å². The molecule has 108 valence electrons. The molecule has 2 aromatic carbocycles. The van der Waals surface area contributed by atoms with Crippen molar-refractivity contribution in [3.8, 4) is 0 Å². The Balaban J connectivity index is 2.01. The zero-order valence-corrected chi connectivity index (χ0v) is 12.8. The average molecular weight is 300 g/mol. The molecular weight excluding hydrogens is 282 g/mol. The Labute approximate surface area is 129 Å². The standard InChI is InChI=1S/C17H18ClN3/c1-2-21-16-6-4-3-5-15(16)20-17(21)10-12-7-8-14(18)13(9-12)11-19/h3-9H,2,10-11,19H2,1H3. The SMILES string of the molecule is CCn1c(Cc2ccc(Cl)c(CN)c2)nc2ccccc21. The number of benzene rings is 2. The molecule has 3 aromatic rings. The molecule has 3 rings (SSSR count). The number of halogens is 1. The molecule has 0 amide bonds. The fourth-order valence-corrected chi connectivity index (χ4v) is 2.88. The Morgan fingerprint density at radius 2 is 2.00 bits per heavy atom. The predicted octanol–water partition coefficient (Wildman–Crippen LogP) is 3.76. The number of rotatable bonds is 4. The molecule has 3 nitrogen and oxygen atoms in total. The molecule has 0 aliphatic carbocycles. The van der Waals surface area contributed by atoms with Gasteiger partial charge in [-0.2, -0.15) is 0 Å². The molecular formula is C17H18ClN3. The van der Waals surface area contributed by atoms with E-state index in [1.165, 1.54) is 11.1 Å². The van der Waals surface area contributed by atoms with Crippen molar-refractivity contribution in [2.45, 2.75) is 26.4 Å². The minimum absolute atomic E-state index is 0.455. The number of nitrogens with two attached hydrogens (primary N) is 1. The van der Waals surface area contributed by atoms with Crippen LogP contribution in [0.1, 0.15) is 23.9 Å². The lowest BCUT2D eigenvalue weighted by molar-refractivity contribution is 0.733. The van der Waals surface area contributed by atoms with E-state index in [-0.39, 0.29) is 0 Å². The van der Waals surface area contributed by atoms with Gasteiger partial charge < -0.3 is 10.3 Å². The first-order valence-electron chi connectivity index (χ1n) is 7.14. The summed E-state index contributed by atoms with van der Waals surface area (Å²) in [7, 11) is 0. The predicted molar refractivity (Wildman–Crippen MR) is 87.6 cm³/mol. The quantitative estimate of drug-likeness (QED) is 0.797. The maximum absolute atomic E-state index is 6.12. The normalized spacial score (nSPS) is 11.2. The third-order valence-electron chi connectivity index (χ3n) is 3.74. The topological polar surface area (TPSA) is 43.8 Å². The molecule has 0 atom stereocenters. The lowest BCUT2D eigenvalue weighted by atomic mass is 10.1. The highest BCUT2D eigenvalue weighted by atomic mass is 35.5. The number of imidazole rings is 1. The van der Waals surface area contributed by atoms with Crippen LogP contribution < -0.4 is 5.73 Å². The van der Waals surface area contributed by atoms with E-state index in [1.807, 2.05) is 18.2 Å². The van der Waals surface area contributed by atoms with E-state index in [1.54, 1.807) is 0 Å². The van der Waals surface area contributed by atoms with Gasteiger partial charge in [0.1, 0.15) is 5.82 Å². The molecule has 21 heavy (non-hydrogen) atoms. The molecule has 1 aromatic heterocycles. The second-order valence-electron chi connectivity index (χ2n) is 5.07. The summed E-state index contributed by atoms with van der Waals surface area (Å²) in [5.74, 6) is 1.07. The number of fused-ring (bicyclic) bond motifs is 1. The Morgan fingerprint density at radius 3 is 2.76 bits per heavy atom. The molecule has 0 aliphatic rings. The first-order chi connectivity index (χ1) is 10.2. The van der Waals surface area contributed by atoms with Crippen molar-refractivity contribution in [3.05, 3.63) is 64.4 Å². The van der Waals surface area contributed by atoms with Gasteiger partial charge in [0.15, 0.2) is 0 Å². The second-order valence-corrected chi connectivity index (χ2v) is 5.47. The summed E-state index contributed by atoms with van der Waals surface area (Å²) in [5, 5.41) is 0.727. The number of hydrogen-bond donors (Lipinski definition) is 1. The lowest BCUT2D eigenvalue weighted by Gasteiger charge is -2.08. The van der Waals surface area contributed by atoms with E-state index in [9.17, 15) is 0 Å². The van der Waals surface area contributed by atoms with Crippen LogP contribution in [0, 0.1) is 0 Å². The molecule has 0 fully saturated rings. The molecule has 0 unspecified atom stereocenters. The fourth-order valence-electron chi connectivity index (χ4n) is 2.69. The van der Waals surface area contributed by atoms with Crippen molar-refractivity contribution in [1.29, 1.82) is 0 Å². The van der Waals surface area contributed by atoms with Gasteiger partial charge in [0.2, 0.25) is 0 Å². The zero-order valence-electron chi connectivity index (χ0n) is 12.0. The van der Waals surface area contributed by atoms with E-state index < -0.39 is 0 Å².